The van der Waals surface area contributed by atoms with Crippen LogP contribution in [-0.4, -0.2) is 24.7 Å². The van der Waals surface area contributed by atoms with Gasteiger partial charge in [0.25, 0.3) is 0 Å². The van der Waals surface area contributed by atoms with Gasteiger partial charge in [-0.15, -0.1) is 0 Å². The molecule has 0 N–H and O–H groups in total. The van der Waals surface area contributed by atoms with Crippen LogP contribution < -0.4 is 4.74 Å². The van der Waals surface area contributed by atoms with Crippen molar-refractivity contribution in [2.75, 3.05) is 13.7 Å². The Bertz CT molecular complexity index is 424. The summed E-state index contributed by atoms with van der Waals surface area (Å²) in [6, 6.07) is 3.51. The quantitative estimate of drug-likeness (QED) is 0.709. The first-order valence-electron chi connectivity index (χ1n) is 4.80. The molecule has 5 heteroatoms. The number of aromatic nitrogens is 1. The normalized spacial score (nSPS) is 9.31. The Kier molecular flexibility index (Phi) is 4.28. The summed E-state index contributed by atoms with van der Waals surface area (Å²) in [5.74, 6) is -0.0542. The summed E-state index contributed by atoms with van der Waals surface area (Å²) in [5.41, 5.74) is 0.775. The van der Waals surface area contributed by atoms with E-state index in [1.165, 1.54) is 19.4 Å². The molecule has 0 fully saturated rings. The maximum absolute atomic E-state index is 11.3. The van der Waals surface area contributed by atoms with Gasteiger partial charge in [0.15, 0.2) is 5.75 Å². The van der Waals surface area contributed by atoms with Gasteiger partial charge in [0.1, 0.15) is 6.07 Å². The van der Waals surface area contributed by atoms with Crippen LogP contribution in [0.15, 0.2) is 12.3 Å². The number of esters is 1. The number of hydrogen-bond acceptors (Lipinski definition) is 5. The molecule has 0 radical (unpaired) electrons. The van der Waals surface area contributed by atoms with Crippen molar-refractivity contribution in [2.45, 2.75) is 13.3 Å². The van der Waals surface area contributed by atoms with Crippen molar-refractivity contribution < 1.29 is 14.3 Å². The van der Waals surface area contributed by atoms with Crippen molar-refractivity contribution >= 4 is 5.97 Å². The molecule has 0 aromatic carbocycles. The Labute approximate surface area is 93.6 Å². The summed E-state index contributed by atoms with van der Waals surface area (Å²) in [4.78, 5) is 15.3. The van der Waals surface area contributed by atoms with Gasteiger partial charge in [-0.05, 0) is 13.0 Å². The molecule has 16 heavy (non-hydrogen) atoms. The van der Waals surface area contributed by atoms with Crippen molar-refractivity contribution in [3.05, 3.63) is 23.5 Å². The van der Waals surface area contributed by atoms with Gasteiger partial charge in [0, 0.05) is 6.20 Å². The Hall–Kier alpha value is -2.09. The first kappa shape index (κ1) is 12.0. The molecule has 1 aromatic rings. The molecule has 84 valence electrons. The fourth-order valence-electron chi connectivity index (χ4n) is 1.28. The minimum atomic E-state index is -0.386. The van der Waals surface area contributed by atoms with E-state index in [1.807, 2.05) is 6.07 Å². The van der Waals surface area contributed by atoms with Gasteiger partial charge in [0.05, 0.1) is 31.4 Å². The molecule has 0 aliphatic heterocycles. The predicted molar refractivity (Wildman–Crippen MR) is 55.8 cm³/mol. The second-order valence-electron chi connectivity index (χ2n) is 2.93. The zero-order valence-electron chi connectivity index (χ0n) is 9.19. The average molecular weight is 220 g/mol. The van der Waals surface area contributed by atoms with Crippen molar-refractivity contribution in [3.8, 4) is 11.8 Å². The van der Waals surface area contributed by atoms with Crippen LogP contribution in [0.5, 0.6) is 5.75 Å². The lowest BCUT2D eigenvalue weighted by Gasteiger charge is -2.08. The van der Waals surface area contributed by atoms with E-state index < -0.39 is 0 Å². The van der Waals surface area contributed by atoms with Crippen molar-refractivity contribution in [2.24, 2.45) is 0 Å². The third-order valence-corrected chi connectivity index (χ3v) is 1.92. The summed E-state index contributed by atoms with van der Waals surface area (Å²) in [6.45, 7) is 2.05. The topological polar surface area (TPSA) is 72.2 Å². The van der Waals surface area contributed by atoms with Gasteiger partial charge in [-0.25, -0.2) is 0 Å². The molecule has 0 aliphatic rings. The van der Waals surface area contributed by atoms with Crippen molar-refractivity contribution in [1.82, 2.24) is 4.98 Å². The van der Waals surface area contributed by atoms with E-state index in [-0.39, 0.29) is 12.4 Å². The SMILES string of the molecule is CCOC(=O)Cc1nccc(C#N)c1OC. The van der Waals surface area contributed by atoms with E-state index in [2.05, 4.69) is 4.98 Å². The van der Waals surface area contributed by atoms with Crippen LogP contribution in [0.4, 0.5) is 0 Å². The van der Waals surface area contributed by atoms with Crippen LogP contribution in [0.2, 0.25) is 0 Å². The highest BCUT2D eigenvalue weighted by molar-refractivity contribution is 5.73. The fraction of sp³-hybridized carbons (Fsp3) is 0.364. The molecular weight excluding hydrogens is 208 g/mol. The summed E-state index contributed by atoms with van der Waals surface area (Å²) in [7, 11) is 1.44. The second-order valence-corrected chi connectivity index (χ2v) is 2.93. The van der Waals surface area contributed by atoms with Gasteiger partial charge in [-0.1, -0.05) is 0 Å². The third kappa shape index (κ3) is 2.70. The third-order valence-electron chi connectivity index (χ3n) is 1.92. The van der Waals surface area contributed by atoms with Crippen LogP contribution in [-0.2, 0) is 16.0 Å². The van der Waals surface area contributed by atoms with Crippen LogP contribution in [0, 0.1) is 11.3 Å². The minimum Gasteiger partial charge on any atom is -0.493 e. The highest BCUT2D eigenvalue weighted by Gasteiger charge is 2.14. The van der Waals surface area contributed by atoms with Gasteiger partial charge >= 0.3 is 5.97 Å². The van der Waals surface area contributed by atoms with Gasteiger partial charge in [-0.3, -0.25) is 9.78 Å². The Morgan fingerprint density at radius 3 is 2.94 bits per heavy atom. The number of carbonyl (C=O) groups is 1. The van der Waals surface area contributed by atoms with Crippen molar-refractivity contribution in [1.29, 1.82) is 5.26 Å². The van der Waals surface area contributed by atoms with E-state index in [1.54, 1.807) is 6.92 Å². The van der Waals surface area contributed by atoms with Gasteiger partial charge < -0.3 is 9.47 Å². The molecule has 5 nitrogen and oxygen atoms in total. The molecule has 0 unspecified atom stereocenters. The van der Waals surface area contributed by atoms with Crippen LogP contribution in [0.1, 0.15) is 18.2 Å². The zero-order chi connectivity index (χ0) is 12.0. The summed E-state index contributed by atoms with van der Waals surface area (Å²) in [5, 5.41) is 8.84. The standard InChI is InChI=1S/C11H12N2O3/c1-3-16-10(14)6-9-11(15-2)8(7-12)4-5-13-9/h4-5H,3,6H2,1-2H3. The molecule has 0 saturated carbocycles. The fourth-order valence-corrected chi connectivity index (χ4v) is 1.28. The maximum atomic E-state index is 11.3. The lowest BCUT2D eigenvalue weighted by atomic mass is 10.2. The highest BCUT2D eigenvalue weighted by atomic mass is 16.5. The van der Waals surface area contributed by atoms with Crippen LogP contribution in [0.25, 0.3) is 0 Å². The molecule has 0 atom stereocenters. The molecule has 0 amide bonds. The monoisotopic (exact) mass is 220 g/mol. The molecule has 1 aromatic heterocycles. The summed E-state index contributed by atoms with van der Waals surface area (Å²) in [6.07, 6.45) is 1.47. The van der Waals surface area contributed by atoms with E-state index >= 15 is 0 Å². The lowest BCUT2D eigenvalue weighted by molar-refractivity contribution is -0.142. The van der Waals surface area contributed by atoms with E-state index in [0.717, 1.165) is 0 Å². The maximum Gasteiger partial charge on any atom is 0.312 e. The smallest absolute Gasteiger partial charge is 0.312 e. The highest BCUT2D eigenvalue weighted by Crippen LogP contribution is 2.21. The molecule has 1 rings (SSSR count). The zero-order valence-corrected chi connectivity index (χ0v) is 9.19. The first-order valence-corrected chi connectivity index (χ1v) is 4.80. The molecular formula is C11H12N2O3. The van der Waals surface area contributed by atoms with E-state index in [4.69, 9.17) is 14.7 Å². The number of methoxy groups -OCH3 is 1. The number of rotatable bonds is 4. The van der Waals surface area contributed by atoms with Crippen LogP contribution >= 0.6 is 0 Å². The molecule has 0 saturated heterocycles. The number of pyridine rings is 1. The van der Waals surface area contributed by atoms with Gasteiger partial charge in [-0.2, -0.15) is 5.26 Å². The summed E-state index contributed by atoms with van der Waals surface area (Å²) < 4.78 is 9.86. The summed E-state index contributed by atoms with van der Waals surface area (Å²) >= 11 is 0. The number of nitriles is 1. The van der Waals surface area contributed by atoms with Gasteiger partial charge in [0.2, 0.25) is 0 Å². The van der Waals surface area contributed by atoms with Crippen molar-refractivity contribution in [3.63, 3.8) is 0 Å². The Morgan fingerprint density at radius 1 is 1.62 bits per heavy atom. The molecule has 0 aliphatic carbocycles. The number of nitrogens with zero attached hydrogens (tertiary/aromatic N) is 2. The minimum absolute atomic E-state index is 0.00648. The Morgan fingerprint density at radius 2 is 2.38 bits per heavy atom. The van der Waals surface area contributed by atoms with E-state index in [9.17, 15) is 4.79 Å². The second kappa shape index (κ2) is 5.71. The molecule has 1 heterocycles. The first-order chi connectivity index (χ1) is 7.72. The largest absolute Gasteiger partial charge is 0.493 e. The number of ether oxygens (including phenoxy) is 2. The molecule has 0 bridgehead atoms. The Balaban J connectivity index is 2.96. The number of hydrogen-bond donors (Lipinski definition) is 0. The van der Waals surface area contributed by atoms with Crippen LogP contribution in [0.3, 0.4) is 0 Å². The lowest BCUT2D eigenvalue weighted by Crippen LogP contribution is -2.10. The predicted octanol–water partition coefficient (Wildman–Crippen LogP) is 1.07. The average Bonchev–Trinajstić information content (AvgIpc) is 2.29. The number of carbonyl (C=O) groups excluding carboxylic acids is 1. The van der Waals surface area contributed by atoms with E-state index in [0.29, 0.717) is 23.6 Å². The molecule has 0 spiro atoms.